The van der Waals surface area contributed by atoms with E-state index in [4.69, 9.17) is 0 Å². The van der Waals surface area contributed by atoms with E-state index in [1.54, 1.807) is 0 Å². The quantitative estimate of drug-likeness (QED) is 0.662. The lowest BCUT2D eigenvalue weighted by atomic mass is 10.0. The highest BCUT2D eigenvalue weighted by Crippen LogP contribution is 2.38. The number of nitrogens with zero attached hydrogens (tertiary/aromatic N) is 1. The number of aliphatic hydroxyl groups excluding tert-OH is 1. The van der Waals surface area contributed by atoms with E-state index < -0.39 is 0 Å². The fourth-order valence-corrected chi connectivity index (χ4v) is 2.30. The van der Waals surface area contributed by atoms with Crippen LogP contribution >= 0.6 is 0 Å². The van der Waals surface area contributed by atoms with Gasteiger partial charge in [-0.15, -0.1) is 0 Å². The Balaban J connectivity index is 2.30. The molecular weight excluding hydrogens is 188 g/mol. The number of aliphatic hydroxyl groups is 1. The molecule has 0 aromatic rings. The maximum absolute atomic E-state index is 9.38. The molecule has 0 aromatic heterocycles. The lowest BCUT2D eigenvalue weighted by Crippen LogP contribution is -2.53. The third-order valence-electron chi connectivity index (χ3n) is 3.39. The van der Waals surface area contributed by atoms with Gasteiger partial charge in [-0.1, -0.05) is 13.8 Å². The van der Waals surface area contributed by atoms with Crippen molar-refractivity contribution in [3.05, 3.63) is 0 Å². The van der Waals surface area contributed by atoms with Gasteiger partial charge in [0.1, 0.15) is 0 Å². The van der Waals surface area contributed by atoms with Crippen LogP contribution in [0.5, 0.6) is 0 Å². The molecule has 3 atom stereocenters. The molecule has 2 N–H and O–H groups in total. The van der Waals surface area contributed by atoms with E-state index in [2.05, 4.69) is 38.0 Å². The van der Waals surface area contributed by atoms with Gasteiger partial charge in [-0.2, -0.15) is 0 Å². The Labute approximate surface area is 93.9 Å². The van der Waals surface area contributed by atoms with Crippen molar-refractivity contribution in [3.8, 4) is 0 Å². The average Bonchev–Trinajstić information content (AvgIpc) is 2.81. The first-order chi connectivity index (χ1) is 7.00. The zero-order valence-electron chi connectivity index (χ0n) is 10.6. The second-order valence-corrected chi connectivity index (χ2v) is 5.42. The number of rotatable bonds is 7. The van der Waals surface area contributed by atoms with Crippen LogP contribution in [0.3, 0.4) is 0 Å². The SMILES string of the molecule is CCNC(C)(CO)CN(C)CC1CC1C. The molecule has 0 heterocycles. The molecule has 0 saturated heterocycles. The highest BCUT2D eigenvalue weighted by Gasteiger charge is 2.34. The summed E-state index contributed by atoms with van der Waals surface area (Å²) in [5, 5.41) is 12.7. The van der Waals surface area contributed by atoms with Crippen molar-refractivity contribution in [1.29, 1.82) is 0 Å². The maximum Gasteiger partial charge on any atom is 0.0623 e. The van der Waals surface area contributed by atoms with E-state index in [9.17, 15) is 5.11 Å². The number of nitrogens with one attached hydrogen (secondary N) is 1. The molecule has 0 amide bonds. The van der Waals surface area contributed by atoms with Gasteiger partial charge in [-0.25, -0.2) is 0 Å². The second-order valence-electron chi connectivity index (χ2n) is 5.42. The van der Waals surface area contributed by atoms with E-state index in [0.29, 0.717) is 0 Å². The maximum atomic E-state index is 9.38. The monoisotopic (exact) mass is 214 g/mol. The summed E-state index contributed by atoms with van der Waals surface area (Å²) in [4.78, 5) is 2.34. The second kappa shape index (κ2) is 5.28. The largest absolute Gasteiger partial charge is 0.394 e. The third-order valence-corrected chi connectivity index (χ3v) is 3.39. The van der Waals surface area contributed by atoms with Crippen LogP contribution in [0.4, 0.5) is 0 Å². The van der Waals surface area contributed by atoms with Crippen LogP contribution < -0.4 is 5.32 Å². The Morgan fingerprint density at radius 1 is 1.53 bits per heavy atom. The average molecular weight is 214 g/mol. The van der Waals surface area contributed by atoms with Crippen LogP contribution in [0, 0.1) is 11.8 Å². The van der Waals surface area contributed by atoms with E-state index in [1.807, 2.05) is 0 Å². The van der Waals surface area contributed by atoms with Crippen molar-refractivity contribution >= 4 is 0 Å². The fraction of sp³-hybridized carbons (Fsp3) is 1.00. The van der Waals surface area contributed by atoms with E-state index >= 15 is 0 Å². The summed E-state index contributed by atoms with van der Waals surface area (Å²) in [6.45, 7) is 9.67. The molecular formula is C12H26N2O. The minimum Gasteiger partial charge on any atom is -0.394 e. The topological polar surface area (TPSA) is 35.5 Å². The predicted octanol–water partition coefficient (Wildman–Crippen LogP) is 0.935. The van der Waals surface area contributed by atoms with Gasteiger partial charge in [0.2, 0.25) is 0 Å². The standard InChI is InChI=1S/C12H26N2O/c1-5-13-12(3,9-15)8-14(4)7-11-6-10(11)2/h10-11,13,15H,5-9H2,1-4H3. The number of likely N-dealkylation sites (N-methyl/N-ethyl adjacent to an activating group) is 2. The highest BCUT2D eigenvalue weighted by molar-refractivity contribution is 4.89. The Hall–Kier alpha value is -0.120. The Kier molecular flexibility index (Phi) is 4.56. The van der Waals surface area contributed by atoms with Gasteiger partial charge in [-0.05, 0) is 38.8 Å². The van der Waals surface area contributed by atoms with Crippen molar-refractivity contribution in [2.75, 3.05) is 33.3 Å². The van der Waals surface area contributed by atoms with Crippen LogP contribution in [-0.2, 0) is 0 Å². The van der Waals surface area contributed by atoms with Crippen LogP contribution in [-0.4, -0.2) is 48.8 Å². The van der Waals surface area contributed by atoms with E-state index in [1.165, 1.54) is 13.0 Å². The van der Waals surface area contributed by atoms with E-state index in [-0.39, 0.29) is 12.1 Å². The lowest BCUT2D eigenvalue weighted by Gasteiger charge is -2.33. The normalized spacial score (nSPS) is 29.2. The van der Waals surface area contributed by atoms with Crippen molar-refractivity contribution in [3.63, 3.8) is 0 Å². The predicted molar refractivity (Wildman–Crippen MR) is 63.9 cm³/mol. The molecule has 1 aliphatic carbocycles. The molecule has 3 heteroatoms. The highest BCUT2D eigenvalue weighted by atomic mass is 16.3. The summed E-state index contributed by atoms with van der Waals surface area (Å²) in [7, 11) is 2.15. The van der Waals surface area contributed by atoms with Crippen LogP contribution in [0.15, 0.2) is 0 Å². The zero-order valence-corrected chi connectivity index (χ0v) is 10.6. The van der Waals surface area contributed by atoms with Gasteiger partial charge in [0.15, 0.2) is 0 Å². The van der Waals surface area contributed by atoms with Gasteiger partial charge in [0.25, 0.3) is 0 Å². The zero-order chi connectivity index (χ0) is 11.5. The summed E-state index contributed by atoms with van der Waals surface area (Å²) in [5.41, 5.74) is -0.151. The molecule has 1 rings (SSSR count). The Bertz CT molecular complexity index is 198. The lowest BCUT2D eigenvalue weighted by molar-refractivity contribution is 0.131. The summed E-state index contributed by atoms with van der Waals surface area (Å²) >= 11 is 0. The number of hydrogen-bond donors (Lipinski definition) is 2. The molecule has 0 radical (unpaired) electrons. The summed E-state index contributed by atoms with van der Waals surface area (Å²) in [6, 6.07) is 0. The third kappa shape index (κ3) is 4.09. The fourth-order valence-electron chi connectivity index (χ4n) is 2.30. The Morgan fingerprint density at radius 3 is 2.53 bits per heavy atom. The summed E-state index contributed by atoms with van der Waals surface area (Å²) < 4.78 is 0. The van der Waals surface area contributed by atoms with Crippen LogP contribution in [0.2, 0.25) is 0 Å². The van der Waals surface area contributed by atoms with E-state index in [0.717, 1.165) is 24.9 Å². The minimum atomic E-state index is -0.151. The molecule has 1 aliphatic rings. The minimum absolute atomic E-state index is 0.151. The van der Waals surface area contributed by atoms with Gasteiger partial charge in [0.05, 0.1) is 12.1 Å². The molecule has 0 spiro atoms. The van der Waals surface area contributed by atoms with Crippen molar-refractivity contribution in [2.24, 2.45) is 11.8 Å². The molecule has 0 aliphatic heterocycles. The van der Waals surface area contributed by atoms with Gasteiger partial charge in [0, 0.05) is 13.1 Å². The molecule has 3 nitrogen and oxygen atoms in total. The molecule has 1 fully saturated rings. The molecule has 1 saturated carbocycles. The Morgan fingerprint density at radius 2 is 2.13 bits per heavy atom. The molecule has 90 valence electrons. The van der Waals surface area contributed by atoms with Gasteiger partial charge >= 0.3 is 0 Å². The molecule has 15 heavy (non-hydrogen) atoms. The van der Waals surface area contributed by atoms with Crippen LogP contribution in [0.25, 0.3) is 0 Å². The number of hydrogen-bond acceptors (Lipinski definition) is 3. The summed E-state index contributed by atoms with van der Waals surface area (Å²) in [5.74, 6) is 1.80. The van der Waals surface area contributed by atoms with Crippen molar-refractivity contribution < 1.29 is 5.11 Å². The van der Waals surface area contributed by atoms with Gasteiger partial charge < -0.3 is 15.3 Å². The molecule has 0 aromatic carbocycles. The molecule has 3 unspecified atom stereocenters. The van der Waals surface area contributed by atoms with Crippen LogP contribution in [0.1, 0.15) is 27.2 Å². The van der Waals surface area contributed by atoms with Gasteiger partial charge in [-0.3, -0.25) is 0 Å². The smallest absolute Gasteiger partial charge is 0.0623 e. The first kappa shape index (κ1) is 12.9. The first-order valence-corrected chi connectivity index (χ1v) is 6.05. The van der Waals surface area contributed by atoms with Crippen molar-refractivity contribution in [2.45, 2.75) is 32.7 Å². The summed E-state index contributed by atoms with van der Waals surface area (Å²) in [6.07, 6.45) is 1.38. The first-order valence-electron chi connectivity index (χ1n) is 6.05. The molecule has 0 bridgehead atoms. The van der Waals surface area contributed by atoms with Crippen molar-refractivity contribution in [1.82, 2.24) is 10.2 Å².